The first-order chi connectivity index (χ1) is 11.6. The molecule has 1 aromatic carbocycles. The van der Waals surface area contributed by atoms with Gasteiger partial charge in [-0.25, -0.2) is 0 Å². The Bertz CT molecular complexity index is 671. The number of hydrogen-bond donors (Lipinski definition) is 2. The van der Waals surface area contributed by atoms with E-state index in [0.717, 1.165) is 0 Å². The van der Waals surface area contributed by atoms with Crippen molar-refractivity contribution in [3.05, 3.63) is 41.5 Å². The molecule has 2 N–H and O–H groups in total. The summed E-state index contributed by atoms with van der Waals surface area (Å²) < 4.78 is 5.55. The SMILES string of the molecule is CC(C)=C[C@@H]1[C@H](C(=O)NNC(=O)c2ccc(OC(C)C)cc2)C1(C)C. The normalized spacial score (nSPS) is 20.6. The average Bonchev–Trinajstić information content (AvgIpc) is 3.04. The monoisotopic (exact) mass is 344 g/mol. The lowest BCUT2D eigenvalue weighted by Crippen LogP contribution is -2.43. The smallest absolute Gasteiger partial charge is 0.269 e. The summed E-state index contributed by atoms with van der Waals surface area (Å²) >= 11 is 0. The van der Waals surface area contributed by atoms with Gasteiger partial charge in [-0.1, -0.05) is 25.5 Å². The lowest BCUT2D eigenvalue weighted by molar-refractivity contribution is -0.123. The summed E-state index contributed by atoms with van der Waals surface area (Å²) in [6.07, 6.45) is 2.20. The summed E-state index contributed by atoms with van der Waals surface area (Å²) in [6.45, 7) is 12.1. The van der Waals surface area contributed by atoms with Gasteiger partial charge in [0.2, 0.25) is 5.91 Å². The van der Waals surface area contributed by atoms with Crippen molar-refractivity contribution < 1.29 is 14.3 Å². The molecule has 2 rings (SSSR count). The van der Waals surface area contributed by atoms with E-state index in [4.69, 9.17) is 4.74 Å². The second-order valence-corrected chi connectivity index (χ2v) is 7.70. The lowest BCUT2D eigenvalue weighted by atomic mass is 10.1. The molecule has 0 radical (unpaired) electrons. The van der Waals surface area contributed by atoms with Gasteiger partial charge in [-0.3, -0.25) is 20.4 Å². The van der Waals surface area contributed by atoms with E-state index < -0.39 is 0 Å². The van der Waals surface area contributed by atoms with E-state index >= 15 is 0 Å². The van der Waals surface area contributed by atoms with Crippen molar-refractivity contribution in [2.75, 3.05) is 0 Å². The van der Waals surface area contributed by atoms with E-state index in [1.807, 2.05) is 27.7 Å². The molecule has 1 aliphatic rings. The van der Waals surface area contributed by atoms with Crippen LogP contribution in [-0.2, 0) is 4.79 Å². The molecule has 0 aromatic heterocycles. The van der Waals surface area contributed by atoms with Gasteiger partial charge in [-0.05, 0) is 63.3 Å². The molecule has 2 atom stereocenters. The second-order valence-electron chi connectivity index (χ2n) is 7.70. The number of hydrazine groups is 1. The summed E-state index contributed by atoms with van der Waals surface area (Å²) in [7, 11) is 0. The first kappa shape index (κ1) is 19.0. The number of carbonyl (C=O) groups excluding carboxylic acids is 2. The molecule has 2 amide bonds. The van der Waals surface area contributed by atoms with Crippen molar-refractivity contribution in [2.24, 2.45) is 17.3 Å². The van der Waals surface area contributed by atoms with Crippen LogP contribution in [0.2, 0.25) is 0 Å². The van der Waals surface area contributed by atoms with E-state index in [2.05, 4.69) is 30.8 Å². The minimum atomic E-state index is -0.346. The fourth-order valence-corrected chi connectivity index (χ4v) is 3.07. The Hall–Kier alpha value is -2.30. The highest BCUT2D eigenvalue weighted by Crippen LogP contribution is 2.59. The van der Waals surface area contributed by atoms with Crippen molar-refractivity contribution in [3.63, 3.8) is 0 Å². The molecule has 5 nitrogen and oxygen atoms in total. The predicted octanol–water partition coefficient (Wildman–Crippen LogP) is 3.47. The average molecular weight is 344 g/mol. The standard InChI is InChI=1S/C20H28N2O3/c1-12(2)11-16-17(20(16,5)6)19(24)22-21-18(23)14-7-9-15(10-8-14)25-13(3)4/h7-11,13,16-17H,1-6H3,(H,21,23)(H,22,24)/t16-,17-/m1/s1. The number of ether oxygens (including phenoxy) is 1. The number of benzene rings is 1. The van der Waals surface area contributed by atoms with Crippen LogP contribution in [0.15, 0.2) is 35.9 Å². The van der Waals surface area contributed by atoms with Gasteiger partial charge < -0.3 is 4.74 Å². The molecule has 5 heteroatoms. The van der Waals surface area contributed by atoms with Crippen LogP contribution in [0.4, 0.5) is 0 Å². The van der Waals surface area contributed by atoms with Crippen LogP contribution in [-0.4, -0.2) is 17.9 Å². The molecule has 0 heterocycles. The van der Waals surface area contributed by atoms with Gasteiger partial charge >= 0.3 is 0 Å². The van der Waals surface area contributed by atoms with E-state index in [1.54, 1.807) is 24.3 Å². The fourth-order valence-electron chi connectivity index (χ4n) is 3.07. The molecule has 1 saturated carbocycles. The van der Waals surface area contributed by atoms with Gasteiger partial charge in [-0.15, -0.1) is 0 Å². The van der Waals surface area contributed by atoms with Gasteiger partial charge in [0.15, 0.2) is 0 Å². The molecule has 1 aliphatic carbocycles. The highest BCUT2D eigenvalue weighted by molar-refractivity contribution is 5.96. The van der Waals surface area contributed by atoms with Gasteiger partial charge in [0.05, 0.1) is 12.0 Å². The molecule has 25 heavy (non-hydrogen) atoms. The Morgan fingerprint density at radius 3 is 2.24 bits per heavy atom. The van der Waals surface area contributed by atoms with Gasteiger partial charge in [0.25, 0.3) is 5.91 Å². The molecule has 136 valence electrons. The summed E-state index contributed by atoms with van der Waals surface area (Å²) in [5.41, 5.74) is 6.62. The zero-order valence-corrected chi connectivity index (χ0v) is 15.8. The third kappa shape index (κ3) is 4.62. The van der Waals surface area contributed by atoms with E-state index in [9.17, 15) is 9.59 Å². The van der Waals surface area contributed by atoms with E-state index in [0.29, 0.717) is 11.3 Å². The second kappa shape index (κ2) is 7.30. The molecular formula is C20H28N2O3. The summed E-state index contributed by atoms with van der Waals surface area (Å²) in [6, 6.07) is 6.83. The van der Waals surface area contributed by atoms with Crippen LogP contribution in [0.5, 0.6) is 5.75 Å². The molecule has 0 saturated heterocycles. The first-order valence-electron chi connectivity index (χ1n) is 8.65. The zero-order valence-electron chi connectivity index (χ0n) is 15.8. The van der Waals surface area contributed by atoms with E-state index in [-0.39, 0.29) is 35.2 Å². The first-order valence-corrected chi connectivity index (χ1v) is 8.65. The Morgan fingerprint density at radius 2 is 1.72 bits per heavy atom. The summed E-state index contributed by atoms with van der Waals surface area (Å²) in [5.74, 6) is 0.300. The van der Waals surface area contributed by atoms with Crippen LogP contribution < -0.4 is 15.6 Å². The molecule has 0 spiro atoms. The zero-order chi connectivity index (χ0) is 18.8. The highest BCUT2D eigenvalue weighted by atomic mass is 16.5. The molecule has 1 aromatic rings. The molecular weight excluding hydrogens is 316 g/mol. The van der Waals surface area contributed by atoms with Crippen LogP contribution in [0, 0.1) is 17.3 Å². The van der Waals surface area contributed by atoms with Gasteiger partial charge in [0.1, 0.15) is 5.75 Å². The van der Waals surface area contributed by atoms with Crippen LogP contribution in [0.3, 0.4) is 0 Å². The Labute approximate surface area is 149 Å². The number of allylic oxidation sites excluding steroid dienone is 2. The van der Waals surface area contributed by atoms with E-state index in [1.165, 1.54) is 5.57 Å². The van der Waals surface area contributed by atoms with Crippen molar-refractivity contribution in [3.8, 4) is 5.75 Å². The highest BCUT2D eigenvalue weighted by Gasteiger charge is 2.60. The Morgan fingerprint density at radius 1 is 1.12 bits per heavy atom. The topological polar surface area (TPSA) is 67.4 Å². The maximum absolute atomic E-state index is 12.3. The number of nitrogens with one attached hydrogen (secondary N) is 2. The van der Waals surface area contributed by atoms with Crippen molar-refractivity contribution in [2.45, 2.75) is 47.6 Å². The lowest BCUT2D eigenvalue weighted by Gasteiger charge is -2.11. The minimum absolute atomic E-state index is 0.0783. The number of amides is 2. The molecule has 0 bridgehead atoms. The quantitative estimate of drug-likeness (QED) is 0.635. The number of carbonyl (C=O) groups is 2. The molecule has 1 fully saturated rings. The summed E-state index contributed by atoms with van der Waals surface area (Å²) in [5, 5.41) is 0. The number of rotatable bonds is 5. The maximum Gasteiger partial charge on any atom is 0.269 e. The van der Waals surface area contributed by atoms with Gasteiger partial charge in [-0.2, -0.15) is 0 Å². The van der Waals surface area contributed by atoms with Crippen LogP contribution in [0.25, 0.3) is 0 Å². The fraction of sp³-hybridized carbons (Fsp3) is 0.500. The number of hydrogen-bond acceptors (Lipinski definition) is 3. The van der Waals surface area contributed by atoms with Crippen molar-refractivity contribution >= 4 is 11.8 Å². The minimum Gasteiger partial charge on any atom is -0.491 e. The Balaban J connectivity index is 1.90. The van der Waals surface area contributed by atoms with Crippen molar-refractivity contribution in [1.82, 2.24) is 10.9 Å². The molecule has 0 unspecified atom stereocenters. The summed E-state index contributed by atoms with van der Waals surface area (Å²) in [4.78, 5) is 24.5. The third-order valence-electron chi connectivity index (χ3n) is 4.49. The molecule has 0 aliphatic heterocycles. The largest absolute Gasteiger partial charge is 0.491 e. The Kier molecular flexibility index (Phi) is 5.55. The van der Waals surface area contributed by atoms with Crippen LogP contribution in [0.1, 0.15) is 51.9 Å². The van der Waals surface area contributed by atoms with Crippen LogP contribution >= 0.6 is 0 Å². The van der Waals surface area contributed by atoms with Gasteiger partial charge in [0, 0.05) is 5.56 Å². The van der Waals surface area contributed by atoms with Crippen molar-refractivity contribution in [1.29, 1.82) is 0 Å². The maximum atomic E-state index is 12.3. The predicted molar refractivity (Wildman–Crippen MR) is 98.0 cm³/mol. The third-order valence-corrected chi connectivity index (χ3v) is 4.49.